The van der Waals surface area contributed by atoms with E-state index in [9.17, 15) is 24.8 Å². The molecule has 1 aromatic carbocycles. The lowest BCUT2D eigenvalue weighted by molar-refractivity contribution is -0.125. The molecular weight excluding hydrogens is 414 g/mol. The molecule has 1 fully saturated rings. The van der Waals surface area contributed by atoms with Gasteiger partial charge in [-0.05, 0) is 38.0 Å². The van der Waals surface area contributed by atoms with Gasteiger partial charge >= 0.3 is 0 Å². The van der Waals surface area contributed by atoms with Crippen molar-refractivity contribution in [1.29, 1.82) is 5.26 Å². The molecule has 4 atom stereocenters. The maximum absolute atomic E-state index is 12.8. The highest BCUT2D eigenvalue weighted by Gasteiger charge is 2.30. The van der Waals surface area contributed by atoms with E-state index >= 15 is 0 Å². The van der Waals surface area contributed by atoms with Gasteiger partial charge in [-0.1, -0.05) is 6.07 Å². The van der Waals surface area contributed by atoms with E-state index in [1.54, 1.807) is 24.3 Å². The highest BCUT2D eigenvalue weighted by atomic mass is 16.5. The normalized spacial score (nSPS) is 18.3. The molecule has 2 heterocycles. The van der Waals surface area contributed by atoms with Crippen LogP contribution in [0.4, 0.5) is 0 Å². The van der Waals surface area contributed by atoms with Gasteiger partial charge in [0, 0.05) is 29.8 Å². The summed E-state index contributed by atoms with van der Waals surface area (Å²) in [5.41, 5.74) is 0.928. The minimum Gasteiger partial charge on any atom is -0.496 e. The van der Waals surface area contributed by atoms with Crippen molar-refractivity contribution in [2.75, 3.05) is 13.7 Å². The highest BCUT2D eigenvalue weighted by molar-refractivity contribution is 6.01. The van der Waals surface area contributed by atoms with Gasteiger partial charge in [0.2, 0.25) is 11.8 Å². The first kappa shape index (κ1) is 23.1. The summed E-state index contributed by atoms with van der Waals surface area (Å²) in [5, 5.41) is 27.9. The number of ether oxygens (including phenoxy) is 1. The Hall–Kier alpha value is -3.58. The van der Waals surface area contributed by atoms with Crippen LogP contribution in [-0.2, 0) is 9.59 Å². The first-order chi connectivity index (χ1) is 15.3. The van der Waals surface area contributed by atoms with Crippen LogP contribution in [0.1, 0.15) is 36.7 Å². The zero-order chi connectivity index (χ0) is 23.3. The lowest BCUT2D eigenvalue weighted by Crippen LogP contribution is -2.51. The lowest BCUT2D eigenvalue weighted by Gasteiger charge is -2.22. The number of fused-ring (bicyclic) bond motifs is 1. The molecule has 0 radical (unpaired) electrons. The van der Waals surface area contributed by atoms with Crippen LogP contribution in [0.3, 0.4) is 0 Å². The number of aromatic nitrogens is 1. The Morgan fingerprint density at radius 3 is 2.78 bits per heavy atom. The average Bonchev–Trinajstić information content (AvgIpc) is 3.38. The zero-order valence-corrected chi connectivity index (χ0v) is 18.0. The summed E-state index contributed by atoms with van der Waals surface area (Å²) < 4.78 is 5.30. The van der Waals surface area contributed by atoms with Gasteiger partial charge in [0.15, 0.2) is 0 Å². The number of methoxy groups -OCH3 is 1. The molecule has 0 saturated carbocycles. The molecule has 1 saturated heterocycles. The van der Waals surface area contributed by atoms with Crippen molar-refractivity contribution in [3.8, 4) is 11.8 Å². The number of aromatic amines is 1. The standard InChI is InChI=1S/C22H27N5O5/c1-12(28)8-17(21(30)25-14(11-23)9-13-6-7-24-20(13)29)27-22(31)18-10-15-16(26-18)4-3-5-19(15)32-2/h3-5,10,12-14,17,26,28H,6-9H2,1-2H3,(H,24,29)(H,25,30)(H,27,31). The van der Waals surface area contributed by atoms with Crippen molar-refractivity contribution < 1.29 is 24.2 Å². The molecule has 0 spiro atoms. The lowest BCUT2D eigenvalue weighted by atomic mass is 9.98. The van der Waals surface area contributed by atoms with E-state index in [0.717, 1.165) is 5.39 Å². The summed E-state index contributed by atoms with van der Waals surface area (Å²) in [4.78, 5) is 40.4. The molecule has 32 heavy (non-hydrogen) atoms. The average molecular weight is 441 g/mol. The van der Waals surface area contributed by atoms with Crippen LogP contribution < -0.4 is 20.7 Å². The maximum atomic E-state index is 12.8. The molecule has 170 valence electrons. The number of H-pyrrole nitrogens is 1. The first-order valence-corrected chi connectivity index (χ1v) is 10.4. The van der Waals surface area contributed by atoms with E-state index in [4.69, 9.17) is 4.74 Å². The minimum absolute atomic E-state index is 0.0385. The van der Waals surface area contributed by atoms with Crippen LogP contribution in [-0.4, -0.2) is 59.7 Å². The third kappa shape index (κ3) is 5.36. The number of carbonyl (C=O) groups is 3. The fourth-order valence-electron chi connectivity index (χ4n) is 3.81. The number of nitrogens with one attached hydrogen (secondary N) is 4. The fraction of sp³-hybridized carbons (Fsp3) is 0.455. The van der Waals surface area contributed by atoms with Crippen molar-refractivity contribution in [2.45, 2.75) is 44.4 Å². The quantitative estimate of drug-likeness (QED) is 0.383. The van der Waals surface area contributed by atoms with Gasteiger partial charge in [0.1, 0.15) is 23.5 Å². The number of aliphatic hydroxyl groups is 1. The molecule has 10 nitrogen and oxygen atoms in total. The summed E-state index contributed by atoms with van der Waals surface area (Å²) in [6, 6.07) is 7.02. The van der Waals surface area contributed by atoms with Gasteiger partial charge in [-0.15, -0.1) is 0 Å². The van der Waals surface area contributed by atoms with Crippen LogP contribution in [0, 0.1) is 17.2 Å². The number of hydrogen-bond donors (Lipinski definition) is 5. The number of amides is 3. The third-order valence-corrected chi connectivity index (χ3v) is 5.44. The Morgan fingerprint density at radius 2 is 2.16 bits per heavy atom. The van der Waals surface area contributed by atoms with Crippen molar-refractivity contribution >= 4 is 28.6 Å². The summed E-state index contributed by atoms with van der Waals surface area (Å²) in [6.07, 6.45) is -0.117. The third-order valence-electron chi connectivity index (χ3n) is 5.44. The van der Waals surface area contributed by atoms with Gasteiger partial charge in [-0.3, -0.25) is 14.4 Å². The summed E-state index contributed by atoms with van der Waals surface area (Å²) in [5.74, 6) is -1.01. The highest BCUT2D eigenvalue weighted by Crippen LogP contribution is 2.26. The molecule has 5 N–H and O–H groups in total. The van der Waals surface area contributed by atoms with Gasteiger partial charge in [0.25, 0.3) is 5.91 Å². The van der Waals surface area contributed by atoms with Gasteiger partial charge in [-0.2, -0.15) is 5.26 Å². The monoisotopic (exact) mass is 441 g/mol. The molecule has 1 aliphatic heterocycles. The van der Waals surface area contributed by atoms with E-state index in [-0.39, 0.29) is 30.4 Å². The molecule has 0 aliphatic carbocycles. The second-order valence-corrected chi connectivity index (χ2v) is 7.92. The summed E-state index contributed by atoms with van der Waals surface area (Å²) in [6.45, 7) is 2.05. The van der Waals surface area contributed by atoms with E-state index in [0.29, 0.717) is 24.2 Å². The zero-order valence-electron chi connectivity index (χ0n) is 18.0. The van der Waals surface area contributed by atoms with Crippen LogP contribution in [0.15, 0.2) is 24.3 Å². The van der Waals surface area contributed by atoms with Crippen LogP contribution in [0.2, 0.25) is 0 Å². The van der Waals surface area contributed by atoms with E-state index in [2.05, 4.69) is 20.9 Å². The van der Waals surface area contributed by atoms with Crippen molar-refractivity contribution in [3.63, 3.8) is 0 Å². The molecule has 2 aromatic rings. The minimum atomic E-state index is -1.07. The van der Waals surface area contributed by atoms with E-state index in [1.165, 1.54) is 14.0 Å². The Kier molecular flexibility index (Phi) is 7.33. The number of carbonyl (C=O) groups excluding carboxylic acids is 3. The molecule has 1 aliphatic rings. The smallest absolute Gasteiger partial charge is 0.268 e. The number of benzene rings is 1. The van der Waals surface area contributed by atoms with Crippen LogP contribution in [0.25, 0.3) is 10.9 Å². The van der Waals surface area contributed by atoms with Gasteiger partial charge < -0.3 is 30.8 Å². The molecule has 1 aromatic heterocycles. The van der Waals surface area contributed by atoms with Gasteiger partial charge in [0.05, 0.1) is 19.3 Å². The second-order valence-electron chi connectivity index (χ2n) is 7.92. The largest absolute Gasteiger partial charge is 0.496 e. The number of aliphatic hydroxyl groups excluding tert-OH is 1. The van der Waals surface area contributed by atoms with Crippen LogP contribution >= 0.6 is 0 Å². The molecular formula is C22H27N5O5. The molecule has 3 amide bonds. The fourth-order valence-corrected chi connectivity index (χ4v) is 3.81. The Morgan fingerprint density at radius 1 is 1.38 bits per heavy atom. The molecule has 0 bridgehead atoms. The van der Waals surface area contributed by atoms with Gasteiger partial charge in [-0.25, -0.2) is 0 Å². The Labute approximate surface area is 185 Å². The van der Waals surface area contributed by atoms with Crippen molar-refractivity contribution in [2.24, 2.45) is 5.92 Å². The summed E-state index contributed by atoms with van der Waals surface area (Å²) >= 11 is 0. The van der Waals surface area contributed by atoms with E-state index < -0.39 is 30.0 Å². The molecule has 3 rings (SSSR count). The van der Waals surface area contributed by atoms with Crippen LogP contribution in [0.5, 0.6) is 5.75 Å². The predicted molar refractivity (Wildman–Crippen MR) is 116 cm³/mol. The molecule has 4 unspecified atom stereocenters. The molecule has 10 heteroatoms. The first-order valence-electron chi connectivity index (χ1n) is 10.4. The number of rotatable bonds is 9. The number of hydrogen-bond acceptors (Lipinski definition) is 6. The topological polar surface area (TPSA) is 156 Å². The summed E-state index contributed by atoms with van der Waals surface area (Å²) in [7, 11) is 1.53. The Balaban J connectivity index is 1.71. The SMILES string of the molecule is COc1cccc2[nH]c(C(=O)NC(CC(C)O)C(=O)NC(C#N)CC3CCNC3=O)cc12. The predicted octanol–water partition coefficient (Wildman–Crippen LogP) is 0.580. The van der Waals surface area contributed by atoms with Crippen molar-refractivity contribution in [3.05, 3.63) is 30.0 Å². The number of nitriles is 1. The second kappa shape index (κ2) is 10.2. The Bertz CT molecular complexity index is 1040. The van der Waals surface area contributed by atoms with Crippen molar-refractivity contribution in [1.82, 2.24) is 20.9 Å². The number of nitrogens with zero attached hydrogens (tertiary/aromatic N) is 1. The van der Waals surface area contributed by atoms with E-state index in [1.807, 2.05) is 6.07 Å². The maximum Gasteiger partial charge on any atom is 0.268 e.